The standard InChI is InChI=1S/C9H11NO2/c1-6-2-3-8(10)7(4-6)5-9(11)12/h2-4H,5,10H2,1H3,(H,11,12). The number of nitrogen functional groups attached to an aromatic ring is 1. The summed E-state index contributed by atoms with van der Waals surface area (Å²) in [7, 11) is 0. The van der Waals surface area contributed by atoms with Crippen LogP contribution >= 0.6 is 0 Å². The number of hydrogen-bond acceptors (Lipinski definition) is 2. The molecule has 0 bridgehead atoms. The first kappa shape index (κ1) is 8.59. The number of carboxylic acids is 1. The van der Waals surface area contributed by atoms with Gasteiger partial charge in [-0.2, -0.15) is 0 Å². The van der Waals surface area contributed by atoms with Crippen LogP contribution in [0, 0.1) is 6.92 Å². The van der Waals surface area contributed by atoms with E-state index in [1.54, 1.807) is 12.1 Å². The molecule has 0 aromatic heterocycles. The Morgan fingerprint density at radius 2 is 2.25 bits per heavy atom. The Morgan fingerprint density at radius 1 is 1.58 bits per heavy atom. The highest BCUT2D eigenvalue weighted by Crippen LogP contribution is 2.13. The fraction of sp³-hybridized carbons (Fsp3) is 0.222. The van der Waals surface area contributed by atoms with Gasteiger partial charge in [0.2, 0.25) is 0 Å². The molecule has 0 atom stereocenters. The van der Waals surface area contributed by atoms with Crippen LogP contribution in [0.2, 0.25) is 0 Å². The smallest absolute Gasteiger partial charge is 0.307 e. The Labute approximate surface area is 70.8 Å². The van der Waals surface area contributed by atoms with Crippen molar-refractivity contribution in [1.82, 2.24) is 0 Å². The van der Waals surface area contributed by atoms with Gasteiger partial charge in [0.25, 0.3) is 0 Å². The van der Waals surface area contributed by atoms with E-state index in [0.717, 1.165) is 5.56 Å². The first-order valence-electron chi connectivity index (χ1n) is 3.66. The van der Waals surface area contributed by atoms with Gasteiger partial charge >= 0.3 is 5.97 Å². The van der Waals surface area contributed by atoms with Crippen LogP contribution in [0.25, 0.3) is 0 Å². The molecule has 0 saturated heterocycles. The van der Waals surface area contributed by atoms with E-state index >= 15 is 0 Å². The van der Waals surface area contributed by atoms with Crippen molar-refractivity contribution < 1.29 is 9.90 Å². The average molecular weight is 165 g/mol. The lowest BCUT2D eigenvalue weighted by Gasteiger charge is -2.03. The molecule has 0 saturated carbocycles. The van der Waals surface area contributed by atoms with Gasteiger partial charge in [0.05, 0.1) is 6.42 Å². The first-order valence-corrected chi connectivity index (χ1v) is 3.66. The Bertz CT molecular complexity index is 307. The fourth-order valence-corrected chi connectivity index (χ4v) is 1.05. The number of benzene rings is 1. The van der Waals surface area contributed by atoms with Gasteiger partial charge in [-0.1, -0.05) is 17.7 Å². The summed E-state index contributed by atoms with van der Waals surface area (Å²) >= 11 is 0. The van der Waals surface area contributed by atoms with Crippen LogP contribution in [0.15, 0.2) is 18.2 Å². The van der Waals surface area contributed by atoms with Crippen molar-refractivity contribution in [3.63, 3.8) is 0 Å². The molecule has 0 spiro atoms. The molecule has 0 radical (unpaired) electrons. The maximum absolute atomic E-state index is 10.4. The molecule has 0 fully saturated rings. The van der Waals surface area contributed by atoms with Gasteiger partial charge in [-0.25, -0.2) is 0 Å². The van der Waals surface area contributed by atoms with Gasteiger partial charge < -0.3 is 10.8 Å². The zero-order chi connectivity index (χ0) is 9.14. The first-order chi connectivity index (χ1) is 5.59. The number of aliphatic carboxylic acids is 1. The van der Waals surface area contributed by atoms with Crippen molar-refractivity contribution in [2.45, 2.75) is 13.3 Å². The number of rotatable bonds is 2. The van der Waals surface area contributed by atoms with E-state index in [-0.39, 0.29) is 6.42 Å². The molecule has 1 aromatic carbocycles. The van der Waals surface area contributed by atoms with Crippen molar-refractivity contribution in [3.8, 4) is 0 Å². The summed E-state index contributed by atoms with van der Waals surface area (Å²) in [5.41, 5.74) is 7.83. The monoisotopic (exact) mass is 165 g/mol. The summed E-state index contributed by atoms with van der Waals surface area (Å²) in [6, 6.07) is 5.39. The molecule has 3 N–H and O–H groups in total. The van der Waals surface area contributed by atoms with E-state index in [1.807, 2.05) is 13.0 Å². The highest BCUT2D eigenvalue weighted by Gasteiger charge is 2.03. The highest BCUT2D eigenvalue weighted by atomic mass is 16.4. The quantitative estimate of drug-likeness (QED) is 0.647. The van der Waals surface area contributed by atoms with Crippen molar-refractivity contribution >= 4 is 11.7 Å². The van der Waals surface area contributed by atoms with Gasteiger partial charge in [0, 0.05) is 5.69 Å². The van der Waals surface area contributed by atoms with Crippen LogP contribution in [-0.4, -0.2) is 11.1 Å². The lowest BCUT2D eigenvalue weighted by Crippen LogP contribution is -2.03. The van der Waals surface area contributed by atoms with Crippen molar-refractivity contribution in [3.05, 3.63) is 29.3 Å². The second kappa shape index (κ2) is 3.26. The van der Waals surface area contributed by atoms with Gasteiger partial charge in [0.15, 0.2) is 0 Å². The fourth-order valence-electron chi connectivity index (χ4n) is 1.05. The number of aryl methyl sites for hydroxylation is 1. The van der Waals surface area contributed by atoms with Crippen LogP contribution in [0.5, 0.6) is 0 Å². The van der Waals surface area contributed by atoms with Crippen LogP contribution in [0.1, 0.15) is 11.1 Å². The highest BCUT2D eigenvalue weighted by molar-refractivity contribution is 5.73. The molecule has 3 nitrogen and oxygen atoms in total. The summed E-state index contributed by atoms with van der Waals surface area (Å²) in [4.78, 5) is 10.4. The summed E-state index contributed by atoms with van der Waals surface area (Å²) < 4.78 is 0. The third-order valence-electron chi connectivity index (χ3n) is 1.64. The van der Waals surface area contributed by atoms with E-state index in [9.17, 15) is 4.79 Å². The number of hydrogen-bond donors (Lipinski definition) is 2. The topological polar surface area (TPSA) is 63.3 Å². The molecular formula is C9H11NO2. The van der Waals surface area contributed by atoms with Gasteiger partial charge in [-0.05, 0) is 18.6 Å². The minimum Gasteiger partial charge on any atom is -0.481 e. The van der Waals surface area contributed by atoms with Crippen LogP contribution in [0.4, 0.5) is 5.69 Å². The molecule has 12 heavy (non-hydrogen) atoms. The molecule has 0 aliphatic carbocycles. The number of nitrogens with two attached hydrogens (primary N) is 1. The normalized spacial score (nSPS) is 9.75. The van der Waals surface area contributed by atoms with Crippen LogP contribution in [-0.2, 0) is 11.2 Å². The number of carboxylic acid groups (broad SMARTS) is 1. The Morgan fingerprint density at radius 3 is 2.83 bits per heavy atom. The van der Waals surface area contributed by atoms with E-state index in [4.69, 9.17) is 10.8 Å². The van der Waals surface area contributed by atoms with Gasteiger partial charge in [-0.3, -0.25) is 4.79 Å². The molecule has 64 valence electrons. The average Bonchev–Trinajstić information content (AvgIpc) is 1.96. The largest absolute Gasteiger partial charge is 0.481 e. The second-order valence-corrected chi connectivity index (χ2v) is 2.77. The van der Waals surface area contributed by atoms with E-state index < -0.39 is 5.97 Å². The molecule has 0 heterocycles. The van der Waals surface area contributed by atoms with Crippen molar-refractivity contribution in [2.75, 3.05) is 5.73 Å². The van der Waals surface area contributed by atoms with Gasteiger partial charge in [-0.15, -0.1) is 0 Å². The van der Waals surface area contributed by atoms with Crippen LogP contribution < -0.4 is 5.73 Å². The molecule has 3 heteroatoms. The predicted octanol–water partition coefficient (Wildman–Crippen LogP) is 1.20. The SMILES string of the molecule is Cc1ccc(N)c(CC(=O)O)c1. The Hall–Kier alpha value is -1.51. The molecular weight excluding hydrogens is 154 g/mol. The van der Waals surface area contributed by atoms with E-state index in [1.165, 1.54) is 0 Å². The zero-order valence-corrected chi connectivity index (χ0v) is 6.87. The molecule has 0 amide bonds. The summed E-state index contributed by atoms with van der Waals surface area (Å²) in [6.45, 7) is 1.91. The van der Waals surface area contributed by atoms with Crippen molar-refractivity contribution in [2.24, 2.45) is 0 Å². The minimum absolute atomic E-state index is 0.00644. The number of carbonyl (C=O) groups is 1. The Kier molecular flexibility index (Phi) is 2.33. The van der Waals surface area contributed by atoms with Crippen LogP contribution in [0.3, 0.4) is 0 Å². The summed E-state index contributed by atoms with van der Waals surface area (Å²) in [5.74, 6) is -0.854. The molecule has 1 rings (SSSR count). The molecule has 0 aliphatic rings. The van der Waals surface area contributed by atoms with Crippen molar-refractivity contribution in [1.29, 1.82) is 0 Å². The second-order valence-electron chi connectivity index (χ2n) is 2.77. The Balaban J connectivity index is 2.97. The number of anilines is 1. The lowest BCUT2D eigenvalue weighted by molar-refractivity contribution is -0.136. The zero-order valence-electron chi connectivity index (χ0n) is 6.87. The predicted molar refractivity (Wildman–Crippen MR) is 46.9 cm³/mol. The third-order valence-corrected chi connectivity index (χ3v) is 1.64. The molecule has 1 aromatic rings. The van der Waals surface area contributed by atoms with Gasteiger partial charge in [0.1, 0.15) is 0 Å². The summed E-state index contributed by atoms with van der Waals surface area (Å²) in [6.07, 6.45) is -0.00644. The summed E-state index contributed by atoms with van der Waals surface area (Å²) in [5, 5.41) is 8.53. The third kappa shape index (κ3) is 1.99. The lowest BCUT2D eigenvalue weighted by atomic mass is 10.1. The maximum Gasteiger partial charge on any atom is 0.307 e. The van der Waals surface area contributed by atoms with E-state index in [2.05, 4.69) is 0 Å². The maximum atomic E-state index is 10.4. The minimum atomic E-state index is -0.854. The molecule has 0 aliphatic heterocycles. The van der Waals surface area contributed by atoms with E-state index in [0.29, 0.717) is 11.3 Å². The molecule has 0 unspecified atom stereocenters.